The van der Waals surface area contributed by atoms with E-state index in [-0.39, 0.29) is 18.9 Å². The quantitative estimate of drug-likeness (QED) is 0.100. The molecule has 2 amide bonds. The van der Waals surface area contributed by atoms with Gasteiger partial charge >= 0.3 is 0 Å². The Morgan fingerprint density at radius 3 is 2.10 bits per heavy atom. The lowest BCUT2D eigenvalue weighted by Crippen LogP contribution is -2.34. The smallest absolute Gasteiger partial charge is 0.277 e. The minimum atomic E-state index is -1.76. The highest BCUT2D eigenvalue weighted by molar-refractivity contribution is 14.1. The second-order valence-corrected chi connectivity index (χ2v) is 13.2. The summed E-state index contributed by atoms with van der Waals surface area (Å²) in [5, 5.41) is 2.34. The highest BCUT2D eigenvalue weighted by atomic mass is 127. The van der Waals surface area contributed by atoms with Crippen molar-refractivity contribution in [2.45, 2.75) is 25.7 Å². The number of benzene rings is 4. The van der Waals surface area contributed by atoms with Gasteiger partial charge in [0, 0.05) is 7.14 Å². The molecule has 0 spiro atoms. The fourth-order valence-corrected chi connectivity index (χ4v) is 5.64. The van der Waals surface area contributed by atoms with Crippen molar-refractivity contribution in [3.8, 4) is 0 Å². The van der Waals surface area contributed by atoms with Crippen LogP contribution in [0.1, 0.15) is 34.6 Å². The van der Waals surface area contributed by atoms with Crippen LogP contribution in [0.5, 0.6) is 0 Å². The maximum atomic E-state index is 15.8. The number of carbonyl (C=O) groups is 2. The second kappa shape index (κ2) is 14.6. The molecule has 0 bridgehead atoms. The van der Waals surface area contributed by atoms with E-state index in [1.807, 2.05) is 22.6 Å². The summed E-state index contributed by atoms with van der Waals surface area (Å²) in [4.78, 5) is 33.2. The van der Waals surface area contributed by atoms with Gasteiger partial charge in [-0.15, -0.1) is 0 Å². The normalized spacial score (nSPS) is 15.3. The van der Waals surface area contributed by atoms with E-state index in [2.05, 4.69) is 10.8 Å². The first kappa shape index (κ1) is 35.8. The molecule has 1 fully saturated rings. The molecule has 4 aromatic carbocycles. The van der Waals surface area contributed by atoms with Crippen LogP contribution in [-0.4, -0.2) is 36.9 Å². The van der Waals surface area contributed by atoms with Gasteiger partial charge in [0.1, 0.15) is 30.0 Å². The van der Waals surface area contributed by atoms with Crippen LogP contribution >= 0.6 is 45.2 Å². The summed E-state index contributed by atoms with van der Waals surface area (Å²) in [6.07, 6.45) is -0.596. The summed E-state index contributed by atoms with van der Waals surface area (Å²) in [5.41, 5.74) is -2.43. The molecule has 1 atom stereocenters. The molecule has 0 radical (unpaired) electrons. The van der Waals surface area contributed by atoms with Crippen molar-refractivity contribution in [2.75, 3.05) is 23.4 Å². The van der Waals surface area contributed by atoms with E-state index < -0.39 is 86.8 Å². The van der Waals surface area contributed by atoms with Gasteiger partial charge in [-0.2, -0.15) is 0 Å². The van der Waals surface area contributed by atoms with E-state index in [1.165, 1.54) is 18.2 Å². The number of rotatable bonds is 9. The first-order valence-electron chi connectivity index (χ1n) is 13.9. The highest BCUT2D eigenvalue weighted by Crippen LogP contribution is 2.38. The standard InChI is InChI=1S/C32H23F6I2N3O5/c1-32(2)46-13-17(48-32)14-47-42-30(44)19-6-8-21(34)27(38)29(19)43(25-10-4-16(40)12-23(25)36)31(45)18-5-7-20(33)26(37)28(18)41-24-9-3-15(39)11-22(24)35/h3-12,17,41H,13-14H2,1-2H3,(H,42,44)/t17-/m1/s1. The molecule has 4 aromatic rings. The van der Waals surface area contributed by atoms with Crippen molar-refractivity contribution in [2.24, 2.45) is 0 Å². The van der Waals surface area contributed by atoms with Crippen LogP contribution in [0.3, 0.4) is 0 Å². The van der Waals surface area contributed by atoms with E-state index in [1.54, 1.807) is 36.4 Å². The van der Waals surface area contributed by atoms with Gasteiger partial charge in [0.25, 0.3) is 11.8 Å². The number of nitrogens with one attached hydrogen (secondary N) is 2. The number of halogens is 8. The van der Waals surface area contributed by atoms with E-state index in [4.69, 9.17) is 14.3 Å². The Bertz CT molecular complexity index is 1910. The topological polar surface area (TPSA) is 89.1 Å². The van der Waals surface area contributed by atoms with Gasteiger partial charge in [0.05, 0.1) is 34.8 Å². The number of anilines is 4. The molecule has 8 nitrogen and oxygen atoms in total. The Labute approximate surface area is 297 Å². The van der Waals surface area contributed by atoms with Crippen LogP contribution in [0.4, 0.5) is 49.1 Å². The first-order valence-corrected chi connectivity index (χ1v) is 16.0. The Balaban J connectivity index is 1.61. The molecular weight excluding hydrogens is 874 g/mol. The largest absolute Gasteiger partial charge is 0.350 e. The fourth-order valence-electron chi connectivity index (χ4n) is 4.73. The maximum absolute atomic E-state index is 15.8. The molecule has 252 valence electrons. The summed E-state index contributed by atoms with van der Waals surface area (Å²) < 4.78 is 103. The van der Waals surface area contributed by atoms with Gasteiger partial charge in [0.15, 0.2) is 29.1 Å². The molecule has 2 N–H and O–H groups in total. The molecule has 5 rings (SSSR count). The van der Waals surface area contributed by atoms with Gasteiger partial charge in [-0.3, -0.25) is 19.3 Å². The zero-order valence-electron chi connectivity index (χ0n) is 24.8. The number of amides is 2. The zero-order valence-corrected chi connectivity index (χ0v) is 29.1. The van der Waals surface area contributed by atoms with Crippen LogP contribution in [-0.2, 0) is 14.3 Å². The number of hydroxylamine groups is 1. The average molecular weight is 897 g/mol. The number of carbonyl (C=O) groups excluding carboxylic acids is 2. The van der Waals surface area contributed by atoms with Crippen LogP contribution in [0.25, 0.3) is 0 Å². The van der Waals surface area contributed by atoms with Crippen molar-refractivity contribution in [3.05, 3.63) is 114 Å². The minimum Gasteiger partial charge on any atom is -0.350 e. The molecular formula is C32H23F6I2N3O5. The lowest BCUT2D eigenvalue weighted by atomic mass is 10.0. The van der Waals surface area contributed by atoms with E-state index in [0.717, 1.165) is 30.3 Å². The van der Waals surface area contributed by atoms with Crippen molar-refractivity contribution < 1.29 is 50.2 Å². The van der Waals surface area contributed by atoms with E-state index in [9.17, 15) is 22.8 Å². The number of ether oxygens (including phenoxy) is 2. The van der Waals surface area contributed by atoms with Crippen molar-refractivity contribution in [3.63, 3.8) is 0 Å². The van der Waals surface area contributed by atoms with Crippen LogP contribution in [0, 0.1) is 42.0 Å². The number of hydrogen-bond acceptors (Lipinski definition) is 6. The SMILES string of the molecule is CC1(C)OC[C@H](CONC(=O)c2ccc(F)c(F)c2N(C(=O)c2ccc(F)c(F)c2Nc2ccc(I)cc2F)c2ccc(I)cc2F)O1. The average Bonchev–Trinajstić information content (AvgIpc) is 3.37. The monoisotopic (exact) mass is 897 g/mol. The van der Waals surface area contributed by atoms with Crippen molar-refractivity contribution in [1.29, 1.82) is 0 Å². The van der Waals surface area contributed by atoms with Gasteiger partial charge < -0.3 is 14.8 Å². The van der Waals surface area contributed by atoms with Crippen LogP contribution in [0.2, 0.25) is 0 Å². The van der Waals surface area contributed by atoms with Crippen LogP contribution in [0.15, 0.2) is 60.7 Å². The third kappa shape index (κ3) is 7.72. The molecule has 0 saturated carbocycles. The molecule has 1 aliphatic heterocycles. The fraction of sp³-hybridized carbons (Fsp3) is 0.188. The Morgan fingerprint density at radius 2 is 1.48 bits per heavy atom. The van der Waals surface area contributed by atoms with Gasteiger partial charge in [-0.25, -0.2) is 31.8 Å². The second-order valence-electron chi connectivity index (χ2n) is 10.7. The Hall–Kier alpha value is -3.46. The van der Waals surface area contributed by atoms with Gasteiger partial charge in [-0.05, 0) is 120 Å². The van der Waals surface area contributed by atoms with Gasteiger partial charge in [-0.1, -0.05) is 0 Å². The summed E-state index contributed by atoms with van der Waals surface area (Å²) in [5.74, 6) is -11.9. The predicted octanol–water partition coefficient (Wildman–Crippen LogP) is 8.27. The van der Waals surface area contributed by atoms with Crippen molar-refractivity contribution >= 4 is 79.7 Å². The summed E-state index contributed by atoms with van der Waals surface area (Å²) >= 11 is 3.59. The zero-order chi connectivity index (χ0) is 34.9. The van der Waals surface area contributed by atoms with Crippen molar-refractivity contribution in [1.82, 2.24) is 5.48 Å². The Kier molecular flexibility index (Phi) is 10.9. The highest BCUT2D eigenvalue weighted by Gasteiger charge is 2.35. The van der Waals surface area contributed by atoms with Crippen LogP contribution < -0.4 is 15.7 Å². The summed E-state index contributed by atoms with van der Waals surface area (Å²) in [7, 11) is 0. The lowest BCUT2D eigenvalue weighted by molar-refractivity contribution is -0.147. The molecule has 0 aliphatic carbocycles. The number of hydrogen-bond donors (Lipinski definition) is 2. The Morgan fingerprint density at radius 1 is 0.854 bits per heavy atom. The molecule has 16 heteroatoms. The minimum absolute atomic E-state index is 0.129. The third-order valence-electron chi connectivity index (χ3n) is 6.91. The number of nitrogens with zero attached hydrogens (tertiary/aromatic N) is 1. The third-order valence-corrected chi connectivity index (χ3v) is 8.25. The molecule has 1 heterocycles. The van der Waals surface area contributed by atoms with E-state index >= 15 is 13.2 Å². The molecule has 0 aromatic heterocycles. The molecule has 48 heavy (non-hydrogen) atoms. The molecule has 1 saturated heterocycles. The lowest BCUT2D eigenvalue weighted by Gasteiger charge is -2.27. The molecule has 1 aliphatic rings. The van der Waals surface area contributed by atoms with E-state index in [0.29, 0.717) is 24.2 Å². The first-order chi connectivity index (χ1) is 22.7. The summed E-state index contributed by atoms with van der Waals surface area (Å²) in [6, 6.07) is 9.84. The predicted molar refractivity (Wildman–Crippen MR) is 179 cm³/mol. The summed E-state index contributed by atoms with van der Waals surface area (Å²) in [6.45, 7) is 3.24. The molecule has 0 unspecified atom stereocenters. The van der Waals surface area contributed by atoms with Gasteiger partial charge in [0.2, 0.25) is 0 Å². The maximum Gasteiger partial charge on any atom is 0.277 e.